The van der Waals surface area contributed by atoms with Crippen molar-refractivity contribution in [2.24, 2.45) is 5.41 Å². The van der Waals surface area contributed by atoms with E-state index in [1.165, 1.54) is 0 Å². The molecule has 1 N–H and O–H groups in total. The van der Waals surface area contributed by atoms with Crippen molar-refractivity contribution in [3.8, 4) is 0 Å². The van der Waals surface area contributed by atoms with Gasteiger partial charge in [-0.3, -0.25) is 14.2 Å². The van der Waals surface area contributed by atoms with Gasteiger partial charge in [0.15, 0.2) is 0 Å². The molecule has 2 aromatic carbocycles. The Hall–Kier alpha value is -2.95. The van der Waals surface area contributed by atoms with Gasteiger partial charge in [0.05, 0.1) is 27.0 Å². The molecule has 0 bridgehead atoms. The van der Waals surface area contributed by atoms with Crippen LogP contribution in [0.3, 0.4) is 0 Å². The predicted octanol–water partition coefficient (Wildman–Crippen LogP) is 5.37. The number of likely N-dealkylation sites (tertiary alicyclic amines) is 1. The van der Waals surface area contributed by atoms with E-state index >= 15 is 0 Å². The number of carbonyl (C=O) groups is 2. The second-order valence-corrected chi connectivity index (χ2v) is 15.6. The molecule has 6 rings (SSSR count). The summed E-state index contributed by atoms with van der Waals surface area (Å²) in [5.41, 5.74) is 3.76. The molecule has 0 aliphatic carbocycles. The zero-order chi connectivity index (χ0) is 31.9. The van der Waals surface area contributed by atoms with E-state index in [2.05, 4.69) is 48.7 Å². The number of amides is 2. The Balaban J connectivity index is 1.18. The van der Waals surface area contributed by atoms with E-state index in [4.69, 9.17) is 11.6 Å². The fraction of sp³-hybridized carbons (Fsp3) is 0.559. The number of imidazole rings is 1. The number of hydrogen-bond donors (Lipinski definition) is 1. The first-order valence-electron chi connectivity index (χ1n) is 16.1. The maximum Gasteiger partial charge on any atom is 0.326 e. The topological polar surface area (TPSA) is 84.9 Å². The third-order valence-electron chi connectivity index (χ3n) is 9.51. The lowest BCUT2D eigenvalue weighted by molar-refractivity contribution is -0.136. The molecule has 2 atom stereocenters. The van der Waals surface area contributed by atoms with E-state index in [-0.39, 0.29) is 40.8 Å². The van der Waals surface area contributed by atoms with Crippen molar-refractivity contribution in [2.75, 3.05) is 57.8 Å². The molecule has 0 radical (unpaired) electrons. The number of H-pyrrole nitrogens is 1. The number of carbonyl (C=O) groups excluding carboxylic acids is 2. The van der Waals surface area contributed by atoms with Crippen LogP contribution in [-0.4, -0.2) is 94.2 Å². The van der Waals surface area contributed by atoms with Gasteiger partial charge >= 0.3 is 5.69 Å². The number of halogens is 1. The van der Waals surface area contributed by atoms with Crippen LogP contribution in [0.15, 0.2) is 47.3 Å². The molecule has 2 unspecified atom stereocenters. The summed E-state index contributed by atoms with van der Waals surface area (Å²) in [5.74, 6) is 0.0412. The summed E-state index contributed by atoms with van der Waals surface area (Å²) in [4.78, 5) is 52.0. The number of thioether (sulfide) groups is 1. The Bertz CT molecular complexity index is 1600. The summed E-state index contributed by atoms with van der Waals surface area (Å²) < 4.78 is 1.84. The minimum Gasteiger partial charge on any atom is -0.367 e. The highest BCUT2D eigenvalue weighted by atomic mass is 35.5. The largest absolute Gasteiger partial charge is 0.367 e. The summed E-state index contributed by atoms with van der Waals surface area (Å²) in [6.45, 7) is 12.0. The SMILES string of the molecule is CN1CCN(c2c(Cl)cccc2C2SC(CC(=O)N3CCC(n4c(=O)[nH]c5ccccc54)CC3)C(=O)N2CCC(C)(C)C)CC1. The van der Waals surface area contributed by atoms with E-state index in [9.17, 15) is 14.4 Å². The number of aromatic nitrogens is 2. The van der Waals surface area contributed by atoms with Crippen LogP contribution in [0.5, 0.6) is 0 Å². The van der Waals surface area contributed by atoms with Crippen LogP contribution in [-0.2, 0) is 9.59 Å². The van der Waals surface area contributed by atoms with Gasteiger partial charge in [-0.2, -0.15) is 0 Å². The van der Waals surface area contributed by atoms with Gasteiger partial charge in [0.2, 0.25) is 11.8 Å². The van der Waals surface area contributed by atoms with Crippen molar-refractivity contribution in [1.82, 2.24) is 24.3 Å². The van der Waals surface area contributed by atoms with Crippen molar-refractivity contribution >= 4 is 51.9 Å². The lowest BCUT2D eigenvalue weighted by Gasteiger charge is -2.37. The van der Waals surface area contributed by atoms with Gasteiger partial charge in [-0.05, 0) is 49.9 Å². The number of hydrogen-bond acceptors (Lipinski definition) is 6. The normalized spacial score (nSPS) is 22.2. The van der Waals surface area contributed by atoms with E-state index < -0.39 is 5.25 Å². The second-order valence-electron chi connectivity index (χ2n) is 13.9. The van der Waals surface area contributed by atoms with Crippen LogP contribution in [0.25, 0.3) is 11.0 Å². The molecule has 0 saturated carbocycles. The summed E-state index contributed by atoms with van der Waals surface area (Å²) in [6, 6.07) is 13.8. The number of para-hydroxylation sites is 3. The van der Waals surface area contributed by atoms with Crippen LogP contribution >= 0.6 is 23.4 Å². The van der Waals surface area contributed by atoms with Gasteiger partial charge in [0.25, 0.3) is 0 Å². The van der Waals surface area contributed by atoms with E-state index in [0.29, 0.717) is 37.5 Å². The lowest BCUT2D eigenvalue weighted by atomic mass is 9.92. The van der Waals surface area contributed by atoms with Gasteiger partial charge < -0.3 is 24.6 Å². The first-order valence-corrected chi connectivity index (χ1v) is 17.5. The number of nitrogens with zero attached hydrogens (tertiary/aromatic N) is 5. The van der Waals surface area contributed by atoms with Crippen molar-refractivity contribution in [1.29, 1.82) is 0 Å². The highest BCUT2D eigenvalue weighted by Gasteiger charge is 2.44. The van der Waals surface area contributed by atoms with Gasteiger partial charge in [0, 0.05) is 63.8 Å². The third-order valence-corrected chi connectivity index (χ3v) is 11.3. The number of aromatic amines is 1. The van der Waals surface area contributed by atoms with E-state index in [1.54, 1.807) is 11.8 Å². The van der Waals surface area contributed by atoms with Gasteiger partial charge in [0.1, 0.15) is 5.37 Å². The number of piperazine rings is 1. The first kappa shape index (κ1) is 32.0. The molecule has 3 aliphatic rings. The molecule has 11 heteroatoms. The lowest BCUT2D eigenvalue weighted by Crippen LogP contribution is -2.45. The number of rotatable bonds is 7. The average Bonchev–Trinajstić information content (AvgIpc) is 3.51. The Labute approximate surface area is 274 Å². The Morgan fingerprint density at radius 1 is 0.978 bits per heavy atom. The highest BCUT2D eigenvalue weighted by Crippen LogP contribution is 2.49. The minimum absolute atomic E-state index is 0.00683. The molecule has 3 aromatic rings. The number of benzene rings is 2. The van der Waals surface area contributed by atoms with Gasteiger partial charge in [-0.15, -0.1) is 11.8 Å². The standard InChI is InChI=1S/C34H45ClN6O3S/c1-34(2,3)14-17-40-31(43)28(45-32(40)24-8-7-9-25(35)30(24)39-20-18-37(4)19-21-39)22-29(42)38-15-12-23(13-16-38)41-27-11-6-5-10-26(27)36-33(41)44/h5-11,23,28,32H,12-22H2,1-4H3,(H,36,44). The summed E-state index contributed by atoms with van der Waals surface area (Å²) in [5, 5.41) is 0.0545. The van der Waals surface area contributed by atoms with Crippen molar-refractivity contribution in [3.05, 3.63) is 63.5 Å². The van der Waals surface area contributed by atoms with Gasteiger partial charge in [-0.1, -0.05) is 56.6 Å². The van der Waals surface area contributed by atoms with Crippen LogP contribution in [0.1, 0.15) is 63.4 Å². The van der Waals surface area contributed by atoms with Gasteiger partial charge in [-0.25, -0.2) is 4.79 Å². The summed E-state index contributed by atoms with van der Waals surface area (Å²) in [7, 11) is 2.14. The van der Waals surface area contributed by atoms with Crippen LogP contribution < -0.4 is 10.6 Å². The smallest absolute Gasteiger partial charge is 0.326 e. The molecule has 3 saturated heterocycles. The number of fused-ring (bicyclic) bond motifs is 1. The summed E-state index contributed by atoms with van der Waals surface area (Å²) in [6.07, 6.45) is 2.45. The van der Waals surface area contributed by atoms with E-state index in [1.807, 2.05) is 50.8 Å². The quantitative estimate of drug-likeness (QED) is 0.370. The predicted molar refractivity (Wildman–Crippen MR) is 183 cm³/mol. The highest BCUT2D eigenvalue weighted by molar-refractivity contribution is 8.01. The van der Waals surface area contributed by atoms with Crippen LogP contribution in [0.4, 0.5) is 5.69 Å². The minimum atomic E-state index is -0.448. The summed E-state index contributed by atoms with van der Waals surface area (Å²) >= 11 is 8.47. The molecule has 0 spiro atoms. The Morgan fingerprint density at radius 2 is 1.69 bits per heavy atom. The molecule has 3 aliphatic heterocycles. The molecule has 2 amide bonds. The van der Waals surface area contributed by atoms with Crippen molar-refractivity contribution in [3.63, 3.8) is 0 Å². The van der Waals surface area contributed by atoms with Crippen LogP contribution in [0, 0.1) is 5.41 Å². The Kier molecular flexibility index (Phi) is 9.28. The zero-order valence-corrected chi connectivity index (χ0v) is 28.4. The fourth-order valence-corrected chi connectivity index (χ4v) is 8.64. The maximum atomic E-state index is 14.0. The Morgan fingerprint density at radius 3 is 2.40 bits per heavy atom. The first-order chi connectivity index (χ1) is 21.5. The molecule has 242 valence electrons. The molecule has 45 heavy (non-hydrogen) atoms. The molecule has 9 nitrogen and oxygen atoms in total. The number of likely N-dealkylation sites (N-methyl/N-ethyl adjacent to an activating group) is 1. The van der Waals surface area contributed by atoms with Crippen LogP contribution in [0.2, 0.25) is 5.02 Å². The second kappa shape index (κ2) is 13.0. The van der Waals surface area contributed by atoms with Crippen molar-refractivity contribution < 1.29 is 9.59 Å². The molecule has 1 aromatic heterocycles. The van der Waals surface area contributed by atoms with Crippen molar-refractivity contribution in [2.45, 2.75) is 63.1 Å². The van der Waals surface area contributed by atoms with E-state index in [0.717, 1.165) is 54.9 Å². The zero-order valence-electron chi connectivity index (χ0n) is 26.8. The number of piperidine rings is 1. The monoisotopic (exact) mass is 652 g/mol. The molecular formula is C34H45ClN6O3S. The number of nitrogens with one attached hydrogen (secondary N) is 1. The third kappa shape index (κ3) is 6.79. The molecular weight excluding hydrogens is 608 g/mol. The number of anilines is 1. The molecule has 3 fully saturated rings. The fourth-order valence-electron chi connectivity index (χ4n) is 6.84. The molecule has 4 heterocycles. The maximum absolute atomic E-state index is 14.0. The average molecular weight is 653 g/mol.